The molecule has 0 spiro atoms. The fourth-order valence-corrected chi connectivity index (χ4v) is 2.67. The van der Waals surface area contributed by atoms with E-state index in [-0.39, 0.29) is 29.8 Å². The van der Waals surface area contributed by atoms with E-state index in [9.17, 15) is 14.3 Å². The van der Waals surface area contributed by atoms with Crippen molar-refractivity contribution >= 4 is 16.8 Å². The summed E-state index contributed by atoms with van der Waals surface area (Å²) in [5.41, 5.74) is 0.432. The van der Waals surface area contributed by atoms with Crippen LogP contribution in [0, 0.1) is 5.82 Å². The number of halogens is 1. The highest BCUT2D eigenvalue weighted by molar-refractivity contribution is 5.95. The Hall–Kier alpha value is -2.01. The maximum absolute atomic E-state index is 13.7. The van der Waals surface area contributed by atoms with Crippen LogP contribution in [0.3, 0.4) is 0 Å². The molecule has 4 nitrogen and oxygen atoms in total. The third-order valence-corrected chi connectivity index (χ3v) is 3.74. The van der Waals surface area contributed by atoms with Crippen LogP contribution in [0.15, 0.2) is 30.3 Å². The van der Waals surface area contributed by atoms with Crippen LogP contribution in [0.1, 0.15) is 23.3 Å². The summed E-state index contributed by atoms with van der Waals surface area (Å²) in [6.07, 6.45) is 1.67. The maximum atomic E-state index is 13.7. The molecule has 0 saturated carbocycles. The average Bonchev–Trinajstić information content (AvgIpc) is 2.95. The highest BCUT2D eigenvalue weighted by Crippen LogP contribution is 2.21. The molecule has 20 heavy (non-hydrogen) atoms. The van der Waals surface area contributed by atoms with Crippen LogP contribution >= 0.6 is 0 Å². The zero-order valence-electron chi connectivity index (χ0n) is 10.9. The van der Waals surface area contributed by atoms with E-state index >= 15 is 0 Å². The number of hydrogen-bond acceptors (Lipinski definition) is 3. The monoisotopic (exact) mass is 274 g/mol. The lowest BCUT2D eigenvalue weighted by atomic mass is 10.2. The topological polar surface area (TPSA) is 53.4 Å². The third kappa shape index (κ3) is 2.14. The SMILES string of the molecule is O=C(c1ccc2cccc(F)c2n1)N1CCCC1CO. The summed E-state index contributed by atoms with van der Waals surface area (Å²) in [4.78, 5) is 18.2. The van der Waals surface area contributed by atoms with Crippen molar-refractivity contribution in [3.8, 4) is 0 Å². The Morgan fingerprint density at radius 3 is 3.05 bits per heavy atom. The van der Waals surface area contributed by atoms with Crippen LogP contribution in [0.4, 0.5) is 4.39 Å². The molecule has 3 rings (SSSR count). The van der Waals surface area contributed by atoms with E-state index in [2.05, 4.69) is 4.98 Å². The predicted octanol–water partition coefficient (Wildman–Crippen LogP) is 1.97. The van der Waals surface area contributed by atoms with Crippen molar-refractivity contribution in [1.29, 1.82) is 0 Å². The van der Waals surface area contributed by atoms with E-state index in [4.69, 9.17) is 0 Å². The zero-order chi connectivity index (χ0) is 14.1. The van der Waals surface area contributed by atoms with Crippen LogP contribution in [0.2, 0.25) is 0 Å². The molecular formula is C15H15FN2O2. The summed E-state index contributed by atoms with van der Waals surface area (Å²) in [5, 5.41) is 9.94. The standard InChI is InChI=1S/C15H15FN2O2/c16-12-5-1-3-10-6-7-13(17-14(10)12)15(20)18-8-2-4-11(18)9-19/h1,3,5-7,11,19H,2,4,8-9H2. The van der Waals surface area contributed by atoms with Crippen LogP contribution in [-0.2, 0) is 0 Å². The van der Waals surface area contributed by atoms with Crippen LogP contribution < -0.4 is 0 Å². The second-order valence-corrected chi connectivity index (χ2v) is 4.99. The number of carbonyl (C=O) groups is 1. The van der Waals surface area contributed by atoms with Crippen LogP contribution in [-0.4, -0.2) is 40.1 Å². The Morgan fingerprint density at radius 1 is 1.40 bits per heavy atom. The normalized spacial score (nSPS) is 18.7. The molecule has 104 valence electrons. The van der Waals surface area contributed by atoms with Crippen LogP contribution in [0.5, 0.6) is 0 Å². The lowest BCUT2D eigenvalue weighted by Gasteiger charge is -2.22. The van der Waals surface area contributed by atoms with Gasteiger partial charge in [0.05, 0.1) is 12.6 Å². The van der Waals surface area contributed by atoms with Gasteiger partial charge in [0.25, 0.3) is 5.91 Å². The maximum Gasteiger partial charge on any atom is 0.272 e. The molecule has 1 N–H and O–H groups in total. The van der Waals surface area contributed by atoms with Crippen molar-refractivity contribution in [2.75, 3.05) is 13.2 Å². The van der Waals surface area contributed by atoms with Crippen molar-refractivity contribution < 1.29 is 14.3 Å². The van der Waals surface area contributed by atoms with Gasteiger partial charge in [-0.1, -0.05) is 18.2 Å². The van der Waals surface area contributed by atoms with Gasteiger partial charge in [-0.25, -0.2) is 9.37 Å². The molecule has 1 aromatic heterocycles. The number of nitrogens with zero attached hydrogens (tertiary/aromatic N) is 2. The van der Waals surface area contributed by atoms with Gasteiger partial charge in [-0.3, -0.25) is 4.79 Å². The first-order valence-corrected chi connectivity index (χ1v) is 6.68. The van der Waals surface area contributed by atoms with Gasteiger partial charge in [0.15, 0.2) is 0 Å². The van der Waals surface area contributed by atoms with Crippen molar-refractivity contribution in [3.05, 3.63) is 41.8 Å². The minimum atomic E-state index is -0.433. The van der Waals surface area contributed by atoms with E-state index in [1.807, 2.05) is 0 Å². The number of fused-ring (bicyclic) bond motifs is 1. The smallest absolute Gasteiger partial charge is 0.272 e. The lowest BCUT2D eigenvalue weighted by molar-refractivity contribution is 0.0672. The minimum absolute atomic E-state index is 0.0479. The lowest BCUT2D eigenvalue weighted by Crippen LogP contribution is -2.38. The van der Waals surface area contributed by atoms with Gasteiger partial charge in [-0.15, -0.1) is 0 Å². The third-order valence-electron chi connectivity index (χ3n) is 3.74. The fraction of sp³-hybridized carbons (Fsp3) is 0.333. The molecule has 1 fully saturated rings. The van der Waals surface area contributed by atoms with E-state index in [1.54, 1.807) is 29.2 Å². The highest BCUT2D eigenvalue weighted by atomic mass is 19.1. The molecule has 1 amide bonds. The first-order chi connectivity index (χ1) is 9.70. The van der Waals surface area contributed by atoms with Crippen molar-refractivity contribution in [2.45, 2.75) is 18.9 Å². The van der Waals surface area contributed by atoms with E-state index < -0.39 is 5.82 Å². The van der Waals surface area contributed by atoms with Crippen LogP contribution in [0.25, 0.3) is 10.9 Å². The van der Waals surface area contributed by atoms with Gasteiger partial charge < -0.3 is 10.0 Å². The largest absolute Gasteiger partial charge is 0.394 e. The number of likely N-dealkylation sites (tertiary alicyclic amines) is 1. The van der Waals surface area contributed by atoms with E-state index in [1.165, 1.54) is 6.07 Å². The van der Waals surface area contributed by atoms with E-state index in [0.29, 0.717) is 11.9 Å². The molecule has 1 unspecified atom stereocenters. The summed E-state index contributed by atoms with van der Waals surface area (Å²) in [7, 11) is 0. The van der Waals surface area contributed by atoms with Gasteiger partial charge in [-0.05, 0) is 25.0 Å². The van der Waals surface area contributed by atoms with Gasteiger partial charge >= 0.3 is 0 Å². The Morgan fingerprint density at radius 2 is 2.25 bits per heavy atom. The number of para-hydroxylation sites is 1. The Labute approximate surface area is 115 Å². The number of aliphatic hydroxyl groups is 1. The van der Waals surface area contributed by atoms with Gasteiger partial charge in [-0.2, -0.15) is 0 Å². The molecule has 1 aliphatic rings. The molecule has 2 aromatic rings. The molecule has 1 saturated heterocycles. The number of aliphatic hydroxyl groups excluding tert-OH is 1. The number of rotatable bonds is 2. The zero-order valence-corrected chi connectivity index (χ0v) is 10.9. The predicted molar refractivity (Wildman–Crippen MR) is 72.8 cm³/mol. The molecule has 1 atom stereocenters. The minimum Gasteiger partial charge on any atom is -0.394 e. The van der Waals surface area contributed by atoms with Gasteiger partial charge in [0, 0.05) is 11.9 Å². The van der Waals surface area contributed by atoms with E-state index in [0.717, 1.165) is 12.8 Å². The summed E-state index contributed by atoms with van der Waals surface area (Å²) >= 11 is 0. The number of hydrogen-bond donors (Lipinski definition) is 1. The van der Waals surface area contributed by atoms with Crippen molar-refractivity contribution in [1.82, 2.24) is 9.88 Å². The molecular weight excluding hydrogens is 259 g/mol. The van der Waals surface area contributed by atoms with Crippen molar-refractivity contribution in [2.24, 2.45) is 0 Å². The average molecular weight is 274 g/mol. The Balaban J connectivity index is 1.97. The summed E-state index contributed by atoms with van der Waals surface area (Å²) in [5.74, 6) is -0.677. The number of amides is 1. The summed E-state index contributed by atoms with van der Waals surface area (Å²) in [6.45, 7) is 0.564. The number of pyridine rings is 1. The molecule has 0 aliphatic carbocycles. The first kappa shape index (κ1) is 13.0. The second kappa shape index (κ2) is 5.17. The number of benzene rings is 1. The number of aromatic nitrogens is 1. The molecule has 0 radical (unpaired) electrons. The summed E-state index contributed by atoms with van der Waals surface area (Å²) in [6, 6.07) is 7.85. The molecule has 1 aromatic carbocycles. The Bertz CT molecular complexity index is 659. The molecule has 2 heterocycles. The number of carbonyl (C=O) groups excluding carboxylic acids is 1. The molecule has 1 aliphatic heterocycles. The quantitative estimate of drug-likeness (QED) is 0.911. The fourth-order valence-electron chi connectivity index (χ4n) is 2.67. The molecule has 5 heteroatoms. The van der Waals surface area contributed by atoms with Crippen molar-refractivity contribution in [3.63, 3.8) is 0 Å². The van der Waals surface area contributed by atoms with Gasteiger partial charge in [0.2, 0.25) is 0 Å². The first-order valence-electron chi connectivity index (χ1n) is 6.68. The Kier molecular flexibility index (Phi) is 3.36. The summed E-state index contributed by atoms with van der Waals surface area (Å²) < 4.78 is 13.7. The second-order valence-electron chi connectivity index (χ2n) is 4.99. The highest BCUT2D eigenvalue weighted by Gasteiger charge is 2.29. The van der Waals surface area contributed by atoms with Gasteiger partial charge in [0.1, 0.15) is 17.0 Å². The molecule has 0 bridgehead atoms.